The zero-order valence-electron chi connectivity index (χ0n) is 14.6. The minimum Gasteiger partial charge on any atom is -0.488 e. The van der Waals surface area contributed by atoms with E-state index in [0.29, 0.717) is 12.3 Å². The number of aromatic nitrogens is 2. The van der Waals surface area contributed by atoms with E-state index in [0.717, 1.165) is 48.7 Å². The fourth-order valence-corrected chi connectivity index (χ4v) is 3.61. The number of rotatable bonds is 4. The first-order valence-electron chi connectivity index (χ1n) is 9.01. The minimum atomic E-state index is -0.0197. The van der Waals surface area contributed by atoms with Crippen LogP contribution in [0.1, 0.15) is 35.3 Å². The van der Waals surface area contributed by atoms with E-state index >= 15 is 0 Å². The van der Waals surface area contributed by atoms with Crippen LogP contribution in [0, 0.1) is 0 Å². The topological polar surface area (TPSA) is 61.5 Å². The number of hydrogen-bond acceptors (Lipinski definition) is 4. The SMILES string of the molecule is CN(CCN1CCCCC1)C(=O)c1[nH]nc2c1COc1ccccc1-2. The third-order valence-electron chi connectivity index (χ3n) is 5.14. The number of likely N-dealkylation sites (N-methyl/N-ethyl adjacent to an activating group) is 1. The number of para-hydroxylation sites is 1. The Bertz CT molecular complexity index is 765. The van der Waals surface area contributed by atoms with Crippen LogP contribution in [0.15, 0.2) is 24.3 Å². The highest BCUT2D eigenvalue weighted by molar-refractivity contribution is 5.95. The molecule has 1 amide bonds. The first-order valence-corrected chi connectivity index (χ1v) is 9.01. The Balaban J connectivity index is 1.47. The average molecular weight is 340 g/mol. The van der Waals surface area contributed by atoms with Crippen molar-refractivity contribution in [3.8, 4) is 17.0 Å². The predicted molar refractivity (Wildman–Crippen MR) is 95.6 cm³/mol. The highest BCUT2D eigenvalue weighted by atomic mass is 16.5. The molecule has 2 aromatic rings. The van der Waals surface area contributed by atoms with Gasteiger partial charge in [-0.1, -0.05) is 18.6 Å². The molecular weight excluding hydrogens is 316 g/mol. The Morgan fingerprint density at radius 2 is 2.08 bits per heavy atom. The van der Waals surface area contributed by atoms with Crippen molar-refractivity contribution in [2.75, 3.05) is 33.2 Å². The highest BCUT2D eigenvalue weighted by Gasteiger charge is 2.27. The lowest BCUT2D eigenvalue weighted by Crippen LogP contribution is -2.39. The summed E-state index contributed by atoms with van der Waals surface area (Å²) in [5.41, 5.74) is 3.17. The van der Waals surface area contributed by atoms with Gasteiger partial charge in [0, 0.05) is 31.3 Å². The lowest BCUT2D eigenvalue weighted by Gasteiger charge is -2.28. The molecule has 3 heterocycles. The molecule has 0 aliphatic carbocycles. The van der Waals surface area contributed by atoms with Crippen molar-refractivity contribution >= 4 is 5.91 Å². The number of piperidine rings is 1. The normalized spacial score (nSPS) is 16.7. The number of benzene rings is 1. The van der Waals surface area contributed by atoms with E-state index in [4.69, 9.17) is 4.74 Å². The van der Waals surface area contributed by atoms with Gasteiger partial charge in [0.2, 0.25) is 0 Å². The summed E-state index contributed by atoms with van der Waals surface area (Å²) in [6.07, 6.45) is 3.86. The van der Waals surface area contributed by atoms with E-state index in [1.54, 1.807) is 4.90 Å². The first kappa shape index (κ1) is 16.1. The zero-order valence-corrected chi connectivity index (χ0v) is 14.6. The molecule has 0 atom stereocenters. The molecule has 6 heteroatoms. The van der Waals surface area contributed by atoms with Crippen molar-refractivity contribution in [1.82, 2.24) is 20.0 Å². The van der Waals surface area contributed by atoms with Gasteiger partial charge >= 0.3 is 0 Å². The molecule has 1 saturated heterocycles. The number of nitrogens with zero attached hydrogens (tertiary/aromatic N) is 3. The molecule has 2 aliphatic heterocycles. The summed E-state index contributed by atoms with van der Waals surface area (Å²) in [4.78, 5) is 17.1. The van der Waals surface area contributed by atoms with Crippen molar-refractivity contribution in [3.05, 3.63) is 35.5 Å². The molecule has 6 nitrogen and oxygen atoms in total. The Labute approximate surface area is 147 Å². The molecule has 132 valence electrons. The summed E-state index contributed by atoms with van der Waals surface area (Å²) in [5.74, 6) is 0.799. The Morgan fingerprint density at radius 1 is 1.28 bits per heavy atom. The summed E-state index contributed by atoms with van der Waals surface area (Å²) >= 11 is 0. The smallest absolute Gasteiger partial charge is 0.272 e. The standard InChI is InChI=1S/C19H24N4O2/c1-22(11-12-23-9-5-2-6-10-23)19(24)18-15-13-25-16-8-4-3-7-14(16)17(15)20-21-18/h3-4,7-8H,2,5-6,9-13H2,1H3,(H,20,21). The minimum absolute atomic E-state index is 0.0197. The summed E-state index contributed by atoms with van der Waals surface area (Å²) in [6, 6.07) is 7.80. The molecule has 0 spiro atoms. The summed E-state index contributed by atoms with van der Waals surface area (Å²) in [6.45, 7) is 4.32. The molecule has 0 bridgehead atoms. The Morgan fingerprint density at radius 3 is 2.92 bits per heavy atom. The molecule has 0 radical (unpaired) electrons. The lowest BCUT2D eigenvalue weighted by molar-refractivity contribution is 0.0764. The third-order valence-corrected chi connectivity index (χ3v) is 5.14. The van der Waals surface area contributed by atoms with Crippen LogP contribution in [0.2, 0.25) is 0 Å². The molecule has 1 aromatic heterocycles. The summed E-state index contributed by atoms with van der Waals surface area (Å²) < 4.78 is 5.79. The van der Waals surface area contributed by atoms with Gasteiger partial charge in [-0.2, -0.15) is 5.10 Å². The number of carbonyl (C=O) groups is 1. The third kappa shape index (κ3) is 3.14. The van der Waals surface area contributed by atoms with Crippen LogP contribution >= 0.6 is 0 Å². The number of hydrogen-bond donors (Lipinski definition) is 1. The number of aromatic amines is 1. The van der Waals surface area contributed by atoms with Crippen molar-refractivity contribution in [2.24, 2.45) is 0 Å². The molecule has 1 aromatic carbocycles. The van der Waals surface area contributed by atoms with Crippen LogP contribution in [0.5, 0.6) is 5.75 Å². The Kier molecular flexibility index (Phi) is 4.44. The maximum Gasteiger partial charge on any atom is 0.272 e. The highest BCUT2D eigenvalue weighted by Crippen LogP contribution is 2.37. The zero-order chi connectivity index (χ0) is 17.2. The number of carbonyl (C=O) groups excluding carboxylic acids is 1. The van der Waals surface area contributed by atoms with E-state index in [9.17, 15) is 4.79 Å². The van der Waals surface area contributed by atoms with E-state index in [1.165, 1.54) is 19.3 Å². The summed E-state index contributed by atoms with van der Waals surface area (Å²) in [7, 11) is 1.86. The fourth-order valence-electron chi connectivity index (χ4n) is 3.61. The van der Waals surface area contributed by atoms with Crippen LogP contribution in [-0.2, 0) is 6.61 Å². The molecule has 0 saturated carbocycles. The van der Waals surface area contributed by atoms with Gasteiger partial charge in [-0.25, -0.2) is 0 Å². The summed E-state index contributed by atoms with van der Waals surface area (Å²) in [5, 5.41) is 7.33. The van der Waals surface area contributed by atoms with E-state index in [1.807, 2.05) is 31.3 Å². The second-order valence-electron chi connectivity index (χ2n) is 6.84. The van der Waals surface area contributed by atoms with E-state index in [2.05, 4.69) is 15.1 Å². The van der Waals surface area contributed by atoms with Gasteiger partial charge in [0.05, 0.1) is 0 Å². The van der Waals surface area contributed by atoms with Crippen LogP contribution in [0.25, 0.3) is 11.3 Å². The Hall–Kier alpha value is -2.34. The number of likely N-dealkylation sites (tertiary alicyclic amines) is 1. The van der Waals surface area contributed by atoms with Gasteiger partial charge in [0.15, 0.2) is 0 Å². The molecule has 4 rings (SSSR count). The molecular formula is C19H24N4O2. The second-order valence-corrected chi connectivity index (χ2v) is 6.84. The van der Waals surface area contributed by atoms with Crippen LogP contribution in [-0.4, -0.2) is 59.1 Å². The quantitative estimate of drug-likeness (QED) is 0.929. The number of fused-ring (bicyclic) bond motifs is 3. The largest absolute Gasteiger partial charge is 0.488 e. The van der Waals surface area contributed by atoms with Gasteiger partial charge in [-0.15, -0.1) is 0 Å². The maximum absolute atomic E-state index is 12.8. The van der Waals surface area contributed by atoms with Gasteiger partial charge in [-0.3, -0.25) is 9.89 Å². The van der Waals surface area contributed by atoms with Gasteiger partial charge < -0.3 is 14.5 Å². The fraction of sp³-hybridized carbons (Fsp3) is 0.474. The van der Waals surface area contributed by atoms with Crippen molar-refractivity contribution in [1.29, 1.82) is 0 Å². The average Bonchev–Trinajstić information content (AvgIpc) is 3.11. The van der Waals surface area contributed by atoms with Crippen LogP contribution in [0.4, 0.5) is 0 Å². The molecule has 25 heavy (non-hydrogen) atoms. The van der Waals surface area contributed by atoms with Crippen molar-refractivity contribution in [3.63, 3.8) is 0 Å². The first-order chi connectivity index (χ1) is 12.2. The monoisotopic (exact) mass is 340 g/mol. The second kappa shape index (κ2) is 6.88. The molecule has 0 unspecified atom stereocenters. The van der Waals surface area contributed by atoms with Crippen LogP contribution in [0.3, 0.4) is 0 Å². The maximum atomic E-state index is 12.8. The number of amides is 1. The lowest BCUT2D eigenvalue weighted by atomic mass is 10.0. The van der Waals surface area contributed by atoms with Crippen molar-refractivity contribution < 1.29 is 9.53 Å². The molecule has 1 fully saturated rings. The van der Waals surface area contributed by atoms with E-state index < -0.39 is 0 Å². The van der Waals surface area contributed by atoms with Crippen LogP contribution < -0.4 is 4.74 Å². The van der Waals surface area contributed by atoms with Gasteiger partial charge in [0.25, 0.3) is 5.91 Å². The van der Waals surface area contributed by atoms with Gasteiger partial charge in [-0.05, 0) is 38.1 Å². The van der Waals surface area contributed by atoms with Crippen molar-refractivity contribution in [2.45, 2.75) is 25.9 Å². The van der Waals surface area contributed by atoms with E-state index in [-0.39, 0.29) is 5.91 Å². The molecule has 2 aliphatic rings. The number of ether oxygens (including phenoxy) is 1. The van der Waals surface area contributed by atoms with Gasteiger partial charge in [0.1, 0.15) is 23.7 Å². The number of nitrogens with one attached hydrogen (secondary N) is 1. The number of H-pyrrole nitrogens is 1. The molecule has 1 N–H and O–H groups in total. The predicted octanol–water partition coefficient (Wildman–Crippen LogP) is 2.53.